The zero-order valence-corrected chi connectivity index (χ0v) is 8.71. The summed E-state index contributed by atoms with van der Waals surface area (Å²) < 4.78 is 4.62. The van der Waals surface area contributed by atoms with Crippen LogP contribution >= 0.6 is 0 Å². The average molecular weight is 184 g/mol. The number of rotatable bonds is 8. The second-order valence-corrected chi connectivity index (χ2v) is 3.10. The Morgan fingerprint density at radius 1 is 1.31 bits per heavy atom. The van der Waals surface area contributed by atoms with Crippen LogP contribution in [0.5, 0.6) is 0 Å². The minimum Gasteiger partial charge on any atom is -0.464 e. The number of ether oxygens (including phenoxy) is 1. The summed E-state index contributed by atoms with van der Waals surface area (Å²) in [7, 11) is 0. The Morgan fingerprint density at radius 2 is 2.08 bits per heavy atom. The molecule has 0 unspecified atom stereocenters. The smallest absolute Gasteiger partial charge is 0.293 e. The predicted molar refractivity (Wildman–Crippen MR) is 54.5 cm³/mol. The van der Waals surface area contributed by atoms with Gasteiger partial charge in [-0.1, -0.05) is 32.3 Å². The van der Waals surface area contributed by atoms with Crippen LogP contribution in [0.25, 0.3) is 0 Å². The predicted octanol–water partition coefficient (Wildman–Crippen LogP) is 3.08. The lowest BCUT2D eigenvalue weighted by Crippen LogP contribution is -1.90. The van der Waals surface area contributed by atoms with Gasteiger partial charge in [-0.25, -0.2) is 0 Å². The largest absolute Gasteiger partial charge is 0.464 e. The first-order valence-electron chi connectivity index (χ1n) is 5.08. The van der Waals surface area contributed by atoms with E-state index >= 15 is 0 Å². The first-order chi connectivity index (χ1) is 6.35. The van der Waals surface area contributed by atoms with Crippen molar-refractivity contribution < 1.29 is 9.53 Å². The third-order valence-electron chi connectivity index (χ3n) is 2.09. The fourth-order valence-corrected chi connectivity index (χ4v) is 1.23. The summed E-state index contributed by atoms with van der Waals surface area (Å²) in [5, 5.41) is 0. The third kappa shape index (κ3) is 7.57. The lowest BCUT2D eigenvalue weighted by molar-refractivity contribution is -0.127. The van der Waals surface area contributed by atoms with Gasteiger partial charge in [0.05, 0.1) is 0 Å². The van der Waals surface area contributed by atoms with Gasteiger partial charge in [-0.15, -0.1) is 0 Å². The Labute approximate surface area is 81.0 Å². The molecule has 0 saturated heterocycles. The molecule has 0 amide bonds. The molecule has 0 heterocycles. The third-order valence-corrected chi connectivity index (χ3v) is 2.09. The minimum atomic E-state index is 0.429. The van der Waals surface area contributed by atoms with E-state index in [1.807, 2.05) is 6.08 Å². The topological polar surface area (TPSA) is 26.3 Å². The van der Waals surface area contributed by atoms with E-state index in [1.165, 1.54) is 24.8 Å². The van der Waals surface area contributed by atoms with E-state index in [0.717, 1.165) is 12.8 Å². The molecule has 0 radical (unpaired) electrons. The van der Waals surface area contributed by atoms with Gasteiger partial charge in [0.2, 0.25) is 0 Å². The van der Waals surface area contributed by atoms with Gasteiger partial charge in [0.25, 0.3) is 6.47 Å². The molecule has 0 fully saturated rings. The maximum Gasteiger partial charge on any atom is 0.293 e. The van der Waals surface area contributed by atoms with Crippen LogP contribution in [-0.4, -0.2) is 13.1 Å². The number of allylic oxidation sites excluding steroid dienone is 1. The average Bonchev–Trinajstić information content (AvgIpc) is 2.16. The van der Waals surface area contributed by atoms with E-state index in [1.54, 1.807) is 0 Å². The maximum atomic E-state index is 9.88. The van der Waals surface area contributed by atoms with Crippen molar-refractivity contribution in [1.82, 2.24) is 0 Å². The first-order valence-corrected chi connectivity index (χ1v) is 5.08. The molecular formula is C11H20O2. The van der Waals surface area contributed by atoms with E-state index < -0.39 is 0 Å². The van der Waals surface area contributed by atoms with Gasteiger partial charge in [-0.2, -0.15) is 0 Å². The molecule has 0 aromatic heterocycles. The Kier molecular flexibility index (Phi) is 8.73. The van der Waals surface area contributed by atoms with Crippen molar-refractivity contribution in [2.75, 3.05) is 6.61 Å². The summed E-state index contributed by atoms with van der Waals surface area (Å²) in [5.41, 5.74) is 1.40. The normalized spacial score (nSPS) is 11.4. The summed E-state index contributed by atoms with van der Waals surface area (Å²) in [6.45, 7) is 5.26. The Hall–Kier alpha value is -0.790. The summed E-state index contributed by atoms with van der Waals surface area (Å²) in [6.07, 6.45) is 8.01. The highest BCUT2D eigenvalue weighted by molar-refractivity contribution is 5.37. The fourth-order valence-electron chi connectivity index (χ4n) is 1.23. The molecular weight excluding hydrogens is 164 g/mol. The highest BCUT2D eigenvalue weighted by atomic mass is 16.5. The van der Waals surface area contributed by atoms with Crippen molar-refractivity contribution in [3.8, 4) is 0 Å². The van der Waals surface area contributed by atoms with E-state index in [9.17, 15) is 4.79 Å². The van der Waals surface area contributed by atoms with Crippen LogP contribution in [0.2, 0.25) is 0 Å². The fraction of sp³-hybridized carbons (Fsp3) is 0.727. The van der Waals surface area contributed by atoms with Gasteiger partial charge in [0.15, 0.2) is 0 Å². The molecule has 0 bridgehead atoms. The molecule has 2 nitrogen and oxygen atoms in total. The van der Waals surface area contributed by atoms with Gasteiger partial charge in [-0.3, -0.25) is 4.79 Å². The van der Waals surface area contributed by atoms with E-state index in [2.05, 4.69) is 18.6 Å². The molecule has 0 aliphatic heterocycles. The number of hydrogen-bond acceptors (Lipinski definition) is 2. The SMILES string of the molecule is CCCCC/C(=C\COC=O)CC. The molecule has 0 atom stereocenters. The number of unbranched alkanes of at least 4 members (excludes halogenated alkanes) is 2. The lowest BCUT2D eigenvalue weighted by atomic mass is 10.1. The zero-order valence-electron chi connectivity index (χ0n) is 8.71. The van der Waals surface area contributed by atoms with E-state index in [0.29, 0.717) is 13.1 Å². The first kappa shape index (κ1) is 12.2. The van der Waals surface area contributed by atoms with Crippen molar-refractivity contribution in [2.45, 2.75) is 46.0 Å². The van der Waals surface area contributed by atoms with Crippen molar-refractivity contribution >= 4 is 6.47 Å². The molecule has 0 aliphatic carbocycles. The van der Waals surface area contributed by atoms with Crippen LogP contribution in [0, 0.1) is 0 Å². The monoisotopic (exact) mass is 184 g/mol. The highest BCUT2D eigenvalue weighted by Crippen LogP contribution is 2.11. The second-order valence-electron chi connectivity index (χ2n) is 3.10. The van der Waals surface area contributed by atoms with Crippen molar-refractivity contribution in [3.05, 3.63) is 11.6 Å². The van der Waals surface area contributed by atoms with E-state index in [-0.39, 0.29) is 0 Å². The van der Waals surface area contributed by atoms with Crippen LogP contribution < -0.4 is 0 Å². The van der Waals surface area contributed by atoms with Crippen LogP contribution in [0.4, 0.5) is 0 Å². The molecule has 0 aliphatic rings. The quantitative estimate of drug-likeness (QED) is 0.329. The standard InChI is InChI=1S/C11H20O2/c1-3-5-6-7-11(4-2)8-9-13-10-12/h8,10H,3-7,9H2,1-2H3/b11-8-. The summed E-state index contributed by atoms with van der Waals surface area (Å²) in [4.78, 5) is 9.88. The van der Waals surface area contributed by atoms with Gasteiger partial charge >= 0.3 is 0 Å². The summed E-state index contributed by atoms with van der Waals surface area (Å²) in [5.74, 6) is 0. The van der Waals surface area contributed by atoms with Crippen LogP contribution in [-0.2, 0) is 9.53 Å². The van der Waals surface area contributed by atoms with E-state index in [4.69, 9.17) is 0 Å². The summed E-state index contributed by atoms with van der Waals surface area (Å²) in [6, 6.07) is 0. The maximum absolute atomic E-state index is 9.88. The second kappa shape index (κ2) is 9.30. The number of carbonyl (C=O) groups is 1. The lowest BCUT2D eigenvalue weighted by Gasteiger charge is -2.03. The zero-order chi connectivity index (χ0) is 9.94. The molecule has 0 aromatic rings. The van der Waals surface area contributed by atoms with Crippen LogP contribution in [0.1, 0.15) is 46.0 Å². The van der Waals surface area contributed by atoms with Gasteiger partial charge in [-0.05, 0) is 25.3 Å². The molecule has 76 valence electrons. The molecule has 0 rings (SSSR count). The molecule has 0 saturated carbocycles. The molecule has 0 spiro atoms. The Morgan fingerprint density at radius 3 is 2.62 bits per heavy atom. The Balaban J connectivity index is 3.59. The van der Waals surface area contributed by atoms with Crippen LogP contribution in [0.15, 0.2) is 11.6 Å². The van der Waals surface area contributed by atoms with Crippen LogP contribution in [0.3, 0.4) is 0 Å². The molecule has 2 heteroatoms. The highest BCUT2D eigenvalue weighted by Gasteiger charge is 1.93. The Bertz CT molecular complexity index is 150. The molecule has 0 N–H and O–H groups in total. The van der Waals surface area contributed by atoms with Gasteiger partial charge in [0.1, 0.15) is 6.61 Å². The molecule has 13 heavy (non-hydrogen) atoms. The van der Waals surface area contributed by atoms with Crippen molar-refractivity contribution in [2.24, 2.45) is 0 Å². The molecule has 0 aromatic carbocycles. The number of hydrogen-bond donors (Lipinski definition) is 0. The summed E-state index contributed by atoms with van der Waals surface area (Å²) >= 11 is 0. The minimum absolute atomic E-state index is 0.429. The van der Waals surface area contributed by atoms with Gasteiger partial charge in [0, 0.05) is 0 Å². The van der Waals surface area contributed by atoms with Gasteiger partial charge < -0.3 is 4.74 Å². The van der Waals surface area contributed by atoms with Crippen molar-refractivity contribution in [3.63, 3.8) is 0 Å². The van der Waals surface area contributed by atoms with Crippen molar-refractivity contribution in [1.29, 1.82) is 0 Å². The number of carbonyl (C=O) groups excluding carboxylic acids is 1.